The van der Waals surface area contributed by atoms with Crippen LogP contribution in [-0.4, -0.2) is 29.5 Å². The van der Waals surface area contributed by atoms with Crippen LogP contribution in [0.4, 0.5) is 0 Å². The molecule has 88 valence electrons. The number of hydrogen-bond donors (Lipinski definition) is 2. The smallest absolute Gasteiger partial charge is 0.488 e. The maximum atomic E-state index is 9.10. The van der Waals surface area contributed by atoms with Crippen molar-refractivity contribution in [3.63, 3.8) is 0 Å². The summed E-state index contributed by atoms with van der Waals surface area (Å²) in [6.45, 7) is 4.25. The summed E-state index contributed by atoms with van der Waals surface area (Å²) >= 11 is 1.79. The minimum absolute atomic E-state index is 0.500. The van der Waals surface area contributed by atoms with E-state index in [0.717, 1.165) is 17.1 Å². The minimum Gasteiger partial charge on any atom is -0.496 e. The van der Waals surface area contributed by atoms with Crippen LogP contribution >= 0.6 is 11.8 Å². The lowest BCUT2D eigenvalue weighted by molar-refractivity contribution is 0.410. The second-order valence-corrected chi connectivity index (χ2v) is 5.37. The maximum absolute atomic E-state index is 9.10. The number of benzene rings is 1. The Balaban J connectivity index is 2.88. The fourth-order valence-corrected chi connectivity index (χ4v) is 2.07. The van der Waals surface area contributed by atoms with E-state index >= 15 is 0 Å². The van der Waals surface area contributed by atoms with Gasteiger partial charge >= 0.3 is 7.12 Å². The molecule has 3 nitrogen and oxygen atoms in total. The zero-order valence-electron chi connectivity index (χ0n) is 9.80. The van der Waals surface area contributed by atoms with Gasteiger partial charge in [-0.05, 0) is 16.8 Å². The van der Waals surface area contributed by atoms with Gasteiger partial charge in [-0.25, -0.2) is 0 Å². The van der Waals surface area contributed by atoms with Crippen molar-refractivity contribution in [2.75, 3.05) is 7.11 Å². The molecule has 1 rings (SSSR count). The van der Waals surface area contributed by atoms with Gasteiger partial charge in [0.1, 0.15) is 5.75 Å². The zero-order valence-corrected chi connectivity index (χ0v) is 10.6. The van der Waals surface area contributed by atoms with Crippen molar-refractivity contribution in [1.29, 1.82) is 0 Å². The molecule has 0 saturated heterocycles. The Morgan fingerprint density at radius 1 is 1.38 bits per heavy atom. The summed E-state index contributed by atoms with van der Waals surface area (Å²) in [4.78, 5) is 0. The highest BCUT2D eigenvalue weighted by atomic mass is 32.2. The van der Waals surface area contributed by atoms with Crippen LogP contribution in [0.15, 0.2) is 18.2 Å². The van der Waals surface area contributed by atoms with Crippen LogP contribution in [0, 0.1) is 0 Å². The number of thioether (sulfide) groups is 1. The molecule has 16 heavy (non-hydrogen) atoms. The van der Waals surface area contributed by atoms with Gasteiger partial charge in [-0.15, -0.1) is 0 Å². The van der Waals surface area contributed by atoms with Crippen LogP contribution in [-0.2, 0) is 5.75 Å². The van der Waals surface area contributed by atoms with E-state index < -0.39 is 7.12 Å². The minimum atomic E-state index is -1.42. The lowest BCUT2D eigenvalue weighted by Gasteiger charge is -2.11. The van der Waals surface area contributed by atoms with E-state index in [1.54, 1.807) is 37.1 Å². The molecule has 2 N–H and O–H groups in total. The average molecular weight is 240 g/mol. The predicted molar refractivity (Wildman–Crippen MR) is 69.3 cm³/mol. The summed E-state index contributed by atoms with van der Waals surface area (Å²) < 4.78 is 5.24. The Labute approximate surface area is 101 Å². The fourth-order valence-electron chi connectivity index (χ4n) is 1.33. The highest BCUT2D eigenvalue weighted by molar-refractivity contribution is 7.99. The van der Waals surface area contributed by atoms with Gasteiger partial charge in [0.05, 0.1) is 7.11 Å². The molecule has 0 heterocycles. The van der Waals surface area contributed by atoms with Gasteiger partial charge in [0.2, 0.25) is 0 Å². The third-order valence-corrected chi connectivity index (χ3v) is 3.32. The molecule has 0 atom stereocenters. The van der Waals surface area contributed by atoms with Crippen LogP contribution < -0.4 is 10.2 Å². The van der Waals surface area contributed by atoms with Crippen LogP contribution in [0.25, 0.3) is 0 Å². The van der Waals surface area contributed by atoms with Crippen LogP contribution in [0.3, 0.4) is 0 Å². The molecule has 5 heteroatoms. The van der Waals surface area contributed by atoms with Crippen LogP contribution in [0.1, 0.15) is 19.4 Å². The van der Waals surface area contributed by atoms with Crippen molar-refractivity contribution in [3.05, 3.63) is 23.8 Å². The summed E-state index contributed by atoms with van der Waals surface area (Å²) in [6, 6.07) is 5.21. The first-order chi connectivity index (χ1) is 7.54. The van der Waals surface area contributed by atoms with Crippen molar-refractivity contribution in [3.8, 4) is 5.75 Å². The molecule has 0 aliphatic carbocycles. The molecule has 0 radical (unpaired) electrons. The third-order valence-electron chi connectivity index (χ3n) is 2.17. The summed E-state index contributed by atoms with van der Waals surface area (Å²) in [5.41, 5.74) is 1.49. The quantitative estimate of drug-likeness (QED) is 0.754. The predicted octanol–water partition coefficient (Wildman–Crippen LogP) is 1.02. The normalized spacial score (nSPS) is 10.6. The SMILES string of the molecule is COc1ccc(B(O)O)cc1CSC(C)C. The first-order valence-corrected chi connectivity index (χ1v) is 6.24. The second kappa shape index (κ2) is 6.18. The van der Waals surface area contributed by atoms with Crippen molar-refractivity contribution in [2.24, 2.45) is 0 Å². The third kappa shape index (κ3) is 3.74. The van der Waals surface area contributed by atoms with Gasteiger partial charge < -0.3 is 14.8 Å². The van der Waals surface area contributed by atoms with Gasteiger partial charge in [-0.1, -0.05) is 26.0 Å². The Morgan fingerprint density at radius 2 is 2.06 bits per heavy atom. The zero-order chi connectivity index (χ0) is 12.1. The standard InChI is InChI=1S/C11H17BO3S/c1-8(2)16-7-9-6-10(12(13)14)4-5-11(9)15-3/h4-6,8,13-14H,7H2,1-3H3. The van der Waals surface area contributed by atoms with E-state index in [1.807, 2.05) is 0 Å². The van der Waals surface area contributed by atoms with E-state index in [9.17, 15) is 0 Å². The van der Waals surface area contributed by atoms with Gasteiger partial charge in [-0.3, -0.25) is 0 Å². The Bertz CT molecular complexity index is 342. The summed E-state index contributed by atoms with van der Waals surface area (Å²) in [5.74, 6) is 1.60. The van der Waals surface area contributed by atoms with E-state index in [0.29, 0.717) is 10.7 Å². The molecule has 0 aliphatic rings. The monoisotopic (exact) mass is 240 g/mol. The van der Waals surface area contributed by atoms with Gasteiger partial charge in [0.25, 0.3) is 0 Å². The topological polar surface area (TPSA) is 49.7 Å². The Hall–Kier alpha value is -0.645. The Morgan fingerprint density at radius 3 is 2.56 bits per heavy atom. The largest absolute Gasteiger partial charge is 0.496 e. The number of hydrogen-bond acceptors (Lipinski definition) is 4. The molecule has 1 aromatic carbocycles. The van der Waals surface area contributed by atoms with Crippen molar-refractivity contribution in [2.45, 2.75) is 24.9 Å². The molecule has 0 aromatic heterocycles. The highest BCUT2D eigenvalue weighted by Gasteiger charge is 2.14. The molecule has 1 aromatic rings. The lowest BCUT2D eigenvalue weighted by Crippen LogP contribution is -2.30. The molecular formula is C11H17BO3S. The van der Waals surface area contributed by atoms with E-state index in [2.05, 4.69) is 13.8 Å². The summed E-state index contributed by atoms with van der Waals surface area (Å²) in [5, 5.41) is 18.7. The van der Waals surface area contributed by atoms with Crippen LogP contribution in [0.2, 0.25) is 0 Å². The second-order valence-electron chi connectivity index (χ2n) is 3.80. The molecule has 0 amide bonds. The molecule has 0 bridgehead atoms. The van der Waals surface area contributed by atoms with Crippen LogP contribution in [0.5, 0.6) is 5.75 Å². The average Bonchev–Trinajstić information content (AvgIpc) is 2.25. The fraction of sp³-hybridized carbons (Fsp3) is 0.455. The number of ether oxygens (including phenoxy) is 1. The van der Waals surface area contributed by atoms with Gasteiger partial charge in [0, 0.05) is 11.3 Å². The highest BCUT2D eigenvalue weighted by Crippen LogP contribution is 2.24. The molecule has 0 unspecified atom stereocenters. The Kier molecular flexibility index (Phi) is 5.18. The summed E-state index contributed by atoms with van der Waals surface area (Å²) in [6.07, 6.45) is 0. The number of methoxy groups -OCH3 is 1. The van der Waals surface area contributed by atoms with E-state index in [-0.39, 0.29) is 0 Å². The number of rotatable bonds is 5. The first kappa shape index (κ1) is 13.4. The molecule has 0 fully saturated rings. The van der Waals surface area contributed by atoms with Crippen molar-refractivity contribution in [1.82, 2.24) is 0 Å². The lowest BCUT2D eigenvalue weighted by atomic mass is 9.79. The van der Waals surface area contributed by atoms with Gasteiger partial charge in [-0.2, -0.15) is 11.8 Å². The summed E-state index contributed by atoms with van der Waals surface area (Å²) in [7, 11) is 0.196. The maximum Gasteiger partial charge on any atom is 0.488 e. The van der Waals surface area contributed by atoms with Gasteiger partial charge in [0.15, 0.2) is 0 Å². The molecule has 0 spiro atoms. The first-order valence-electron chi connectivity index (χ1n) is 5.19. The van der Waals surface area contributed by atoms with Crippen molar-refractivity contribution >= 4 is 24.3 Å². The molecular weight excluding hydrogens is 223 g/mol. The molecule has 0 saturated carbocycles. The van der Waals surface area contributed by atoms with E-state index in [1.165, 1.54) is 0 Å². The van der Waals surface area contributed by atoms with E-state index in [4.69, 9.17) is 14.8 Å². The van der Waals surface area contributed by atoms with Crippen molar-refractivity contribution < 1.29 is 14.8 Å². The molecule has 0 aliphatic heterocycles.